The van der Waals surface area contributed by atoms with E-state index in [0.29, 0.717) is 37.0 Å². The van der Waals surface area contributed by atoms with Gasteiger partial charge in [-0.1, -0.05) is 0 Å². The molecule has 1 aliphatic carbocycles. The molecule has 0 spiro atoms. The predicted molar refractivity (Wildman–Crippen MR) is 83.5 cm³/mol. The summed E-state index contributed by atoms with van der Waals surface area (Å²) in [5, 5.41) is 9.68. The molecule has 2 fully saturated rings. The molecule has 8 nitrogen and oxygen atoms in total. The van der Waals surface area contributed by atoms with E-state index in [1.165, 1.54) is 12.8 Å². The van der Waals surface area contributed by atoms with E-state index in [1.54, 1.807) is 0 Å². The number of carbonyl (C=O) groups excluding carboxylic acids is 2. The number of primary amides is 1. The Balaban J connectivity index is 1.50. The second-order valence-corrected chi connectivity index (χ2v) is 6.72. The summed E-state index contributed by atoms with van der Waals surface area (Å²) in [5.74, 6) is 1.33. The number of nitrogens with zero attached hydrogens (tertiary/aromatic N) is 3. The summed E-state index contributed by atoms with van der Waals surface area (Å²) in [6, 6.07) is 0.0904. The van der Waals surface area contributed by atoms with Crippen molar-refractivity contribution in [1.82, 2.24) is 25.4 Å². The maximum absolute atomic E-state index is 12.2. The third kappa shape index (κ3) is 4.42. The Bertz CT molecular complexity index is 588. The summed E-state index contributed by atoms with van der Waals surface area (Å²) in [6.07, 6.45) is 3.21. The average molecular weight is 341 g/mol. The fraction of sp³-hybridized carbons (Fsp3) is 0.714. The van der Waals surface area contributed by atoms with E-state index in [4.69, 9.17) is 17.3 Å². The molecule has 2 aliphatic rings. The van der Waals surface area contributed by atoms with Crippen LogP contribution in [-0.4, -0.2) is 57.6 Å². The average Bonchev–Trinajstić information content (AvgIpc) is 3.13. The molecule has 1 saturated heterocycles. The summed E-state index contributed by atoms with van der Waals surface area (Å²) in [4.78, 5) is 29.3. The minimum Gasteiger partial charge on any atom is -0.369 e. The predicted octanol–water partition coefficient (Wildman–Crippen LogP) is -0.297. The molecule has 0 radical (unpaired) electrons. The molecule has 0 bridgehead atoms. The van der Waals surface area contributed by atoms with Gasteiger partial charge < -0.3 is 11.1 Å². The number of likely N-dealkylation sites (tertiary alicyclic amines) is 1. The van der Waals surface area contributed by atoms with Crippen molar-refractivity contribution in [2.24, 2.45) is 17.6 Å². The van der Waals surface area contributed by atoms with Gasteiger partial charge in [-0.2, -0.15) is 0 Å². The number of hydrogen-bond donors (Lipinski definition) is 3. The van der Waals surface area contributed by atoms with Gasteiger partial charge in [-0.05, 0) is 36.3 Å². The summed E-state index contributed by atoms with van der Waals surface area (Å²) >= 11 is 5.63. The number of rotatable bonds is 7. The van der Waals surface area contributed by atoms with Crippen LogP contribution < -0.4 is 11.1 Å². The van der Waals surface area contributed by atoms with Gasteiger partial charge in [-0.3, -0.25) is 19.6 Å². The van der Waals surface area contributed by atoms with E-state index >= 15 is 0 Å². The summed E-state index contributed by atoms with van der Waals surface area (Å²) < 4.78 is 0. The molecule has 2 amide bonds. The lowest BCUT2D eigenvalue weighted by Crippen LogP contribution is -2.41. The van der Waals surface area contributed by atoms with Gasteiger partial charge in [0.25, 0.3) is 0 Å². The fourth-order valence-electron chi connectivity index (χ4n) is 3.31. The van der Waals surface area contributed by atoms with Crippen LogP contribution in [0.25, 0.3) is 0 Å². The molecule has 0 aromatic carbocycles. The molecule has 0 unspecified atom stereocenters. The number of amides is 2. The molecule has 2 atom stereocenters. The Morgan fingerprint density at radius 3 is 2.78 bits per heavy atom. The van der Waals surface area contributed by atoms with E-state index in [9.17, 15) is 9.59 Å². The van der Waals surface area contributed by atoms with Crippen LogP contribution in [0.4, 0.5) is 0 Å². The topological polar surface area (TPSA) is 117 Å². The molecule has 126 valence electrons. The zero-order valence-corrected chi connectivity index (χ0v) is 13.6. The molecule has 1 aliphatic heterocycles. The highest BCUT2D eigenvalue weighted by molar-refractivity contribution is 6.28. The van der Waals surface area contributed by atoms with E-state index in [2.05, 4.69) is 20.5 Å². The third-order valence-electron chi connectivity index (χ3n) is 4.49. The highest BCUT2D eigenvalue weighted by Crippen LogP contribution is 2.41. The SMILES string of the molecule is NC(=O)CN1C[C@@H](NC(=O)CCc2nc(Cl)n[nH]2)[C@H](C2CC2)C1. The molecular formula is C14H21ClN6O2. The van der Waals surface area contributed by atoms with Gasteiger partial charge in [0.15, 0.2) is 0 Å². The highest BCUT2D eigenvalue weighted by atomic mass is 35.5. The van der Waals surface area contributed by atoms with Gasteiger partial charge in [0, 0.05) is 32.0 Å². The van der Waals surface area contributed by atoms with Crippen molar-refractivity contribution in [1.29, 1.82) is 0 Å². The number of nitrogens with one attached hydrogen (secondary N) is 2. The lowest BCUT2D eigenvalue weighted by Gasteiger charge is -2.19. The first kappa shape index (κ1) is 16.2. The fourth-order valence-corrected chi connectivity index (χ4v) is 3.46. The number of aromatic amines is 1. The first-order chi connectivity index (χ1) is 11.0. The molecular weight excluding hydrogens is 320 g/mol. The number of carbonyl (C=O) groups is 2. The zero-order valence-electron chi connectivity index (χ0n) is 12.8. The lowest BCUT2D eigenvalue weighted by atomic mass is 9.98. The molecule has 3 rings (SSSR count). The van der Waals surface area contributed by atoms with Crippen LogP contribution in [0.2, 0.25) is 5.28 Å². The maximum atomic E-state index is 12.2. The minimum atomic E-state index is -0.325. The summed E-state index contributed by atoms with van der Waals surface area (Å²) in [7, 11) is 0. The van der Waals surface area contributed by atoms with Crippen LogP contribution >= 0.6 is 11.6 Å². The standard InChI is InChI=1S/C14H21ClN6O2/c15-14-18-12(19-20-14)3-4-13(23)17-10-6-21(7-11(16)22)5-9(10)8-1-2-8/h8-10H,1-7H2,(H2,16,22)(H,17,23)(H,18,19,20)/t9-,10+/m0/s1. The Morgan fingerprint density at radius 1 is 1.39 bits per heavy atom. The van der Waals surface area contributed by atoms with Crippen molar-refractivity contribution in [3.8, 4) is 0 Å². The molecule has 1 aromatic heterocycles. The van der Waals surface area contributed by atoms with Crippen LogP contribution in [0.3, 0.4) is 0 Å². The molecule has 2 heterocycles. The number of aryl methyl sites for hydroxylation is 1. The monoisotopic (exact) mass is 340 g/mol. The Hall–Kier alpha value is -1.67. The highest BCUT2D eigenvalue weighted by Gasteiger charge is 2.43. The molecule has 4 N–H and O–H groups in total. The smallest absolute Gasteiger partial charge is 0.242 e. The van der Waals surface area contributed by atoms with E-state index in [1.807, 2.05) is 4.90 Å². The van der Waals surface area contributed by atoms with E-state index < -0.39 is 0 Å². The van der Waals surface area contributed by atoms with Crippen LogP contribution in [-0.2, 0) is 16.0 Å². The third-order valence-corrected chi connectivity index (χ3v) is 4.66. The van der Waals surface area contributed by atoms with Crippen LogP contribution in [0.5, 0.6) is 0 Å². The Labute approximate surface area is 139 Å². The van der Waals surface area contributed by atoms with Crippen LogP contribution in [0.15, 0.2) is 0 Å². The van der Waals surface area contributed by atoms with Gasteiger partial charge >= 0.3 is 0 Å². The normalized spacial score (nSPS) is 24.7. The van der Waals surface area contributed by atoms with E-state index in [0.717, 1.165) is 6.54 Å². The van der Waals surface area contributed by atoms with E-state index in [-0.39, 0.29) is 29.7 Å². The second kappa shape index (κ2) is 6.84. The van der Waals surface area contributed by atoms with Gasteiger partial charge in [0.2, 0.25) is 17.1 Å². The molecule has 9 heteroatoms. The van der Waals surface area contributed by atoms with Crippen molar-refractivity contribution in [2.75, 3.05) is 19.6 Å². The van der Waals surface area contributed by atoms with Gasteiger partial charge in [0.1, 0.15) is 5.82 Å². The second-order valence-electron chi connectivity index (χ2n) is 6.39. The number of nitrogens with two attached hydrogens (primary N) is 1. The Kier molecular flexibility index (Phi) is 4.82. The van der Waals surface area contributed by atoms with Crippen LogP contribution in [0, 0.1) is 11.8 Å². The number of aromatic nitrogens is 3. The minimum absolute atomic E-state index is 0.0194. The first-order valence-corrected chi connectivity index (χ1v) is 8.26. The summed E-state index contributed by atoms with van der Waals surface area (Å²) in [6.45, 7) is 1.77. The van der Waals surface area contributed by atoms with Crippen molar-refractivity contribution in [3.63, 3.8) is 0 Å². The van der Waals surface area contributed by atoms with Gasteiger partial charge in [-0.25, -0.2) is 4.98 Å². The summed E-state index contributed by atoms with van der Waals surface area (Å²) in [5.41, 5.74) is 5.28. The molecule has 23 heavy (non-hydrogen) atoms. The van der Waals surface area contributed by atoms with Gasteiger partial charge in [0.05, 0.1) is 6.54 Å². The quantitative estimate of drug-likeness (QED) is 0.630. The molecule has 1 saturated carbocycles. The lowest BCUT2D eigenvalue weighted by molar-refractivity contribution is -0.122. The van der Waals surface area contributed by atoms with Crippen molar-refractivity contribution < 1.29 is 9.59 Å². The van der Waals surface area contributed by atoms with Gasteiger partial charge in [-0.15, -0.1) is 5.10 Å². The van der Waals surface area contributed by atoms with Crippen molar-refractivity contribution in [2.45, 2.75) is 31.7 Å². The van der Waals surface area contributed by atoms with Crippen molar-refractivity contribution in [3.05, 3.63) is 11.1 Å². The Morgan fingerprint density at radius 2 is 2.17 bits per heavy atom. The van der Waals surface area contributed by atoms with Crippen LogP contribution in [0.1, 0.15) is 25.1 Å². The number of H-pyrrole nitrogens is 1. The number of hydrogen-bond acceptors (Lipinski definition) is 5. The molecule has 1 aromatic rings. The number of halogens is 1. The maximum Gasteiger partial charge on any atom is 0.242 e. The van der Waals surface area contributed by atoms with Crippen molar-refractivity contribution >= 4 is 23.4 Å². The zero-order chi connectivity index (χ0) is 16.4. The first-order valence-electron chi connectivity index (χ1n) is 7.88. The largest absolute Gasteiger partial charge is 0.369 e.